The number of aromatic nitrogens is 2. The number of nitro benzene ring substituents is 1. The van der Waals surface area contributed by atoms with Gasteiger partial charge in [-0.2, -0.15) is 4.98 Å². The Kier molecular flexibility index (Phi) is 4.03. The van der Waals surface area contributed by atoms with Gasteiger partial charge in [0.1, 0.15) is 0 Å². The lowest BCUT2D eigenvalue weighted by Crippen LogP contribution is -2.46. The molecule has 10 heteroatoms. The zero-order valence-electron chi connectivity index (χ0n) is 15.7. The minimum Gasteiger partial charge on any atom is -0.365 e. The normalized spacial score (nSPS) is 20.0. The lowest BCUT2D eigenvalue weighted by Gasteiger charge is -2.38. The van der Waals surface area contributed by atoms with Crippen LogP contribution in [0.25, 0.3) is 5.57 Å². The molecule has 150 valence electrons. The number of carbonyl (C=O) groups is 1. The number of para-hydroxylation sites is 1. The monoisotopic (exact) mass is 421 g/mol. The second kappa shape index (κ2) is 6.63. The highest BCUT2D eigenvalue weighted by atomic mass is 32.1. The average molecular weight is 421 g/mol. The number of rotatable bonds is 3. The van der Waals surface area contributed by atoms with Gasteiger partial charge in [-0.05, 0) is 36.5 Å². The molecule has 1 N–H and O–H groups in total. The lowest BCUT2D eigenvalue weighted by atomic mass is 9.93. The molecule has 2 aromatic carbocycles. The van der Waals surface area contributed by atoms with Crippen LogP contribution in [0.15, 0.2) is 59.1 Å². The Morgan fingerprint density at radius 1 is 1.20 bits per heavy atom. The van der Waals surface area contributed by atoms with Crippen LogP contribution in [0, 0.1) is 15.0 Å². The smallest absolute Gasteiger partial charge is 0.314 e. The molecule has 0 bridgehead atoms. The van der Waals surface area contributed by atoms with Crippen LogP contribution in [0.5, 0.6) is 0 Å². The van der Waals surface area contributed by atoms with E-state index in [2.05, 4.69) is 15.0 Å². The summed E-state index contributed by atoms with van der Waals surface area (Å²) >= 11 is 4.94. The standard InChI is InChI=1S/C20H15N5O4S/c1-23-15-5-3-2-4-13(15)17-16(23)10-14(18-21-20(30)29-22-18)19(26)24(17)11-6-8-12(9-7-11)25(27)28/h2-10,16-17H,1H3,(H,21,22,30). The van der Waals surface area contributed by atoms with Gasteiger partial charge in [-0.1, -0.05) is 18.2 Å². The first kappa shape index (κ1) is 18.3. The molecular formula is C20H15N5O4S. The van der Waals surface area contributed by atoms with E-state index >= 15 is 0 Å². The summed E-state index contributed by atoms with van der Waals surface area (Å²) < 4.78 is 5.03. The first-order chi connectivity index (χ1) is 14.5. The molecule has 3 aromatic rings. The van der Waals surface area contributed by atoms with Gasteiger partial charge in [0.05, 0.1) is 22.6 Å². The molecule has 1 amide bonds. The quantitative estimate of drug-likeness (QED) is 0.391. The summed E-state index contributed by atoms with van der Waals surface area (Å²) in [7, 11) is 1.96. The number of fused-ring (bicyclic) bond motifs is 3. The molecule has 30 heavy (non-hydrogen) atoms. The Balaban J connectivity index is 1.69. The van der Waals surface area contributed by atoms with E-state index in [1.54, 1.807) is 17.0 Å². The number of likely N-dealkylation sites (N-methyl/N-ethyl adjacent to an activating group) is 1. The Labute approximate surface area is 175 Å². The molecule has 0 saturated carbocycles. The van der Waals surface area contributed by atoms with Crippen molar-refractivity contribution in [3.63, 3.8) is 0 Å². The van der Waals surface area contributed by atoms with Crippen LogP contribution in [-0.4, -0.2) is 34.1 Å². The molecule has 2 unspecified atom stereocenters. The van der Waals surface area contributed by atoms with Gasteiger partial charge in [0.15, 0.2) is 5.82 Å². The second-order valence-electron chi connectivity index (χ2n) is 7.06. The fourth-order valence-corrected chi connectivity index (χ4v) is 4.28. The maximum atomic E-state index is 13.6. The molecule has 5 rings (SSSR count). The van der Waals surface area contributed by atoms with Crippen molar-refractivity contribution in [2.75, 3.05) is 16.8 Å². The number of nitro groups is 1. The van der Waals surface area contributed by atoms with Gasteiger partial charge < -0.3 is 9.42 Å². The van der Waals surface area contributed by atoms with E-state index in [0.717, 1.165) is 11.3 Å². The molecule has 2 aliphatic heterocycles. The Bertz CT molecular complexity index is 1260. The van der Waals surface area contributed by atoms with Gasteiger partial charge in [0, 0.05) is 36.1 Å². The molecule has 3 heterocycles. The number of carbonyl (C=O) groups excluding carboxylic acids is 1. The zero-order valence-corrected chi connectivity index (χ0v) is 16.5. The number of amides is 1. The summed E-state index contributed by atoms with van der Waals surface area (Å²) in [5.41, 5.74) is 2.85. The number of non-ortho nitro benzene ring substituents is 1. The van der Waals surface area contributed by atoms with Crippen LogP contribution in [0.4, 0.5) is 17.1 Å². The lowest BCUT2D eigenvalue weighted by molar-refractivity contribution is -0.384. The summed E-state index contributed by atoms with van der Waals surface area (Å²) in [5.74, 6) is -0.0468. The van der Waals surface area contributed by atoms with Crippen molar-refractivity contribution < 1.29 is 14.2 Å². The van der Waals surface area contributed by atoms with Crippen LogP contribution in [-0.2, 0) is 4.79 Å². The number of aromatic amines is 1. The average Bonchev–Trinajstić information content (AvgIpc) is 3.30. The third-order valence-corrected chi connectivity index (χ3v) is 5.68. The molecule has 9 nitrogen and oxygen atoms in total. The van der Waals surface area contributed by atoms with Gasteiger partial charge in [-0.3, -0.25) is 19.8 Å². The number of hydrogen-bond acceptors (Lipinski definition) is 7. The Morgan fingerprint density at radius 2 is 1.93 bits per heavy atom. The topological polar surface area (TPSA) is 109 Å². The minimum atomic E-state index is -0.468. The van der Waals surface area contributed by atoms with E-state index in [1.807, 2.05) is 37.4 Å². The summed E-state index contributed by atoms with van der Waals surface area (Å²) in [6.07, 6.45) is 1.86. The van der Waals surface area contributed by atoms with Crippen molar-refractivity contribution in [3.05, 3.63) is 80.9 Å². The number of hydrogen-bond donors (Lipinski definition) is 1. The van der Waals surface area contributed by atoms with Gasteiger partial charge in [-0.15, -0.1) is 0 Å². The number of benzene rings is 2. The first-order valence-electron chi connectivity index (χ1n) is 9.13. The van der Waals surface area contributed by atoms with Crippen molar-refractivity contribution in [3.8, 4) is 0 Å². The van der Waals surface area contributed by atoms with E-state index in [9.17, 15) is 14.9 Å². The van der Waals surface area contributed by atoms with Crippen LogP contribution < -0.4 is 9.80 Å². The predicted molar refractivity (Wildman–Crippen MR) is 112 cm³/mol. The maximum absolute atomic E-state index is 13.6. The highest BCUT2D eigenvalue weighted by molar-refractivity contribution is 7.71. The zero-order chi connectivity index (χ0) is 21.0. The molecule has 0 fully saturated rings. The third-order valence-electron chi connectivity index (χ3n) is 5.50. The second-order valence-corrected chi connectivity index (χ2v) is 7.41. The van der Waals surface area contributed by atoms with E-state index in [4.69, 9.17) is 16.7 Å². The van der Waals surface area contributed by atoms with Crippen molar-refractivity contribution in [2.24, 2.45) is 0 Å². The molecule has 0 spiro atoms. The number of H-pyrrole nitrogens is 1. The van der Waals surface area contributed by atoms with Gasteiger partial charge in [-0.25, -0.2) is 5.16 Å². The van der Waals surface area contributed by atoms with Crippen molar-refractivity contribution in [1.82, 2.24) is 10.1 Å². The van der Waals surface area contributed by atoms with Crippen LogP contribution in [0.3, 0.4) is 0 Å². The van der Waals surface area contributed by atoms with Gasteiger partial charge in [0.2, 0.25) is 0 Å². The molecule has 2 aliphatic rings. The van der Waals surface area contributed by atoms with Crippen molar-refractivity contribution in [2.45, 2.75) is 12.1 Å². The summed E-state index contributed by atoms with van der Waals surface area (Å²) in [4.78, 5) is 32.0. The third kappa shape index (κ3) is 2.65. The number of anilines is 2. The van der Waals surface area contributed by atoms with Crippen molar-refractivity contribution >= 4 is 40.8 Å². The molecule has 0 saturated heterocycles. The fourth-order valence-electron chi connectivity index (χ4n) is 4.15. The molecular weight excluding hydrogens is 406 g/mol. The largest absolute Gasteiger partial charge is 0.365 e. The van der Waals surface area contributed by atoms with E-state index in [1.165, 1.54) is 12.1 Å². The highest BCUT2D eigenvalue weighted by Gasteiger charge is 2.46. The maximum Gasteiger partial charge on any atom is 0.314 e. The van der Waals surface area contributed by atoms with Crippen LogP contribution in [0.2, 0.25) is 0 Å². The molecule has 0 radical (unpaired) electrons. The molecule has 0 aliphatic carbocycles. The minimum absolute atomic E-state index is 0.00534. The first-order valence-corrected chi connectivity index (χ1v) is 9.54. The Hall–Kier alpha value is -3.79. The fraction of sp³-hybridized carbons (Fsp3) is 0.150. The predicted octanol–water partition coefficient (Wildman–Crippen LogP) is 3.63. The van der Waals surface area contributed by atoms with E-state index in [0.29, 0.717) is 11.3 Å². The summed E-state index contributed by atoms with van der Waals surface area (Å²) in [6.45, 7) is 0. The van der Waals surface area contributed by atoms with Crippen LogP contribution in [0.1, 0.15) is 17.4 Å². The molecule has 1 aromatic heterocycles. The number of nitrogens with one attached hydrogen (secondary N) is 1. The highest BCUT2D eigenvalue weighted by Crippen LogP contribution is 2.48. The SMILES string of the molecule is CN1c2ccccc2C2C1C=C(c1nc(=S)o[nH]1)C(=O)N2c1ccc([N+](=O)[O-])cc1. The van der Waals surface area contributed by atoms with Gasteiger partial charge >= 0.3 is 4.84 Å². The molecule has 2 atom stereocenters. The van der Waals surface area contributed by atoms with E-state index < -0.39 is 4.92 Å². The van der Waals surface area contributed by atoms with E-state index in [-0.39, 0.29) is 34.3 Å². The summed E-state index contributed by atoms with van der Waals surface area (Å²) in [5, 5.41) is 13.7. The van der Waals surface area contributed by atoms with Gasteiger partial charge in [0.25, 0.3) is 11.6 Å². The van der Waals surface area contributed by atoms with Crippen LogP contribution >= 0.6 is 12.2 Å². The Morgan fingerprint density at radius 3 is 2.60 bits per heavy atom. The van der Waals surface area contributed by atoms with Crippen molar-refractivity contribution in [1.29, 1.82) is 0 Å². The number of nitrogens with zero attached hydrogens (tertiary/aromatic N) is 4. The summed E-state index contributed by atoms with van der Waals surface area (Å²) in [6, 6.07) is 13.4.